The molecule has 3 aliphatic heterocycles. The van der Waals surface area contributed by atoms with E-state index in [0.29, 0.717) is 38.2 Å². The third kappa shape index (κ3) is 4.11. The SMILES string of the molecule is CC(=O)N1CCN(Cc2cn(-c3ccc4c(c3)CN(C3CCC(=O)NC3=O)C4=O)nn2)CC1. The van der Waals surface area contributed by atoms with Gasteiger partial charge >= 0.3 is 0 Å². The summed E-state index contributed by atoms with van der Waals surface area (Å²) in [6.45, 7) is 5.58. The number of nitrogens with zero attached hydrogens (tertiary/aromatic N) is 6. The number of piperazine rings is 1. The Bertz CT molecular complexity index is 1140. The number of piperidine rings is 1. The second-order valence-corrected chi connectivity index (χ2v) is 8.68. The number of imide groups is 1. The lowest BCUT2D eigenvalue weighted by molar-refractivity contribution is -0.137. The Kier molecular flexibility index (Phi) is 5.41. The molecule has 11 heteroatoms. The number of carbonyl (C=O) groups is 4. The number of carbonyl (C=O) groups excluding carboxylic acids is 4. The van der Waals surface area contributed by atoms with Crippen LogP contribution in [-0.2, 0) is 27.5 Å². The van der Waals surface area contributed by atoms with E-state index in [0.717, 1.165) is 30.0 Å². The zero-order valence-electron chi connectivity index (χ0n) is 18.4. The summed E-state index contributed by atoms with van der Waals surface area (Å²) in [5.74, 6) is -0.815. The number of benzene rings is 1. The molecule has 172 valence electrons. The number of fused-ring (bicyclic) bond motifs is 1. The average Bonchev–Trinajstić information content (AvgIpc) is 3.38. The van der Waals surface area contributed by atoms with Gasteiger partial charge in [0.15, 0.2) is 0 Å². The smallest absolute Gasteiger partial charge is 0.255 e. The number of nitrogens with one attached hydrogen (secondary N) is 1. The molecule has 1 atom stereocenters. The van der Waals surface area contributed by atoms with Crippen molar-refractivity contribution in [2.24, 2.45) is 0 Å². The highest BCUT2D eigenvalue weighted by molar-refractivity contribution is 6.05. The summed E-state index contributed by atoms with van der Waals surface area (Å²) in [5.41, 5.74) is 2.99. The van der Waals surface area contributed by atoms with E-state index < -0.39 is 11.9 Å². The van der Waals surface area contributed by atoms with Gasteiger partial charge in [-0.25, -0.2) is 4.68 Å². The Balaban J connectivity index is 1.26. The fraction of sp³-hybridized carbons (Fsp3) is 0.455. The Morgan fingerprint density at radius 1 is 1.15 bits per heavy atom. The summed E-state index contributed by atoms with van der Waals surface area (Å²) >= 11 is 0. The number of aromatic nitrogens is 3. The first kappa shape index (κ1) is 21.3. The third-order valence-electron chi connectivity index (χ3n) is 6.52. The molecular weight excluding hydrogens is 426 g/mol. The molecule has 0 bridgehead atoms. The third-order valence-corrected chi connectivity index (χ3v) is 6.52. The second kappa shape index (κ2) is 8.39. The number of hydrogen-bond acceptors (Lipinski definition) is 7. The van der Waals surface area contributed by atoms with E-state index >= 15 is 0 Å². The maximum Gasteiger partial charge on any atom is 0.255 e. The summed E-state index contributed by atoms with van der Waals surface area (Å²) in [6.07, 6.45) is 2.44. The highest BCUT2D eigenvalue weighted by atomic mass is 16.2. The molecule has 0 radical (unpaired) electrons. The number of hydrogen-bond donors (Lipinski definition) is 1. The fourth-order valence-corrected chi connectivity index (χ4v) is 4.65. The summed E-state index contributed by atoms with van der Waals surface area (Å²) in [5, 5.41) is 10.8. The lowest BCUT2D eigenvalue weighted by Crippen LogP contribution is -2.52. The number of amides is 4. The van der Waals surface area contributed by atoms with E-state index in [1.54, 1.807) is 17.7 Å². The van der Waals surface area contributed by atoms with E-state index in [2.05, 4.69) is 20.5 Å². The van der Waals surface area contributed by atoms with Crippen LogP contribution in [0.3, 0.4) is 0 Å². The molecule has 4 heterocycles. The van der Waals surface area contributed by atoms with Crippen molar-refractivity contribution in [1.82, 2.24) is 35.0 Å². The first-order valence-electron chi connectivity index (χ1n) is 11.1. The molecule has 1 aromatic carbocycles. The Labute approximate surface area is 190 Å². The zero-order chi connectivity index (χ0) is 23.1. The Morgan fingerprint density at radius 2 is 1.94 bits per heavy atom. The highest BCUT2D eigenvalue weighted by Gasteiger charge is 2.39. The maximum absolute atomic E-state index is 12.9. The molecule has 33 heavy (non-hydrogen) atoms. The molecule has 3 aliphatic rings. The highest BCUT2D eigenvalue weighted by Crippen LogP contribution is 2.29. The van der Waals surface area contributed by atoms with Crippen molar-refractivity contribution < 1.29 is 19.2 Å². The zero-order valence-corrected chi connectivity index (χ0v) is 18.4. The van der Waals surface area contributed by atoms with Gasteiger partial charge < -0.3 is 9.80 Å². The summed E-state index contributed by atoms with van der Waals surface area (Å²) in [4.78, 5) is 53.6. The van der Waals surface area contributed by atoms with E-state index in [-0.39, 0.29) is 24.1 Å². The molecule has 1 N–H and O–H groups in total. The number of rotatable bonds is 4. The van der Waals surface area contributed by atoms with Gasteiger partial charge in [-0.05, 0) is 30.2 Å². The monoisotopic (exact) mass is 451 g/mol. The first-order valence-corrected chi connectivity index (χ1v) is 11.1. The van der Waals surface area contributed by atoms with Crippen molar-refractivity contribution in [3.63, 3.8) is 0 Å². The van der Waals surface area contributed by atoms with Gasteiger partial charge in [0.1, 0.15) is 6.04 Å². The van der Waals surface area contributed by atoms with Gasteiger partial charge in [-0.2, -0.15) is 0 Å². The topological polar surface area (TPSA) is 121 Å². The molecule has 11 nitrogen and oxygen atoms in total. The van der Waals surface area contributed by atoms with Crippen LogP contribution in [0.4, 0.5) is 0 Å². The normalized spacial score (nSPS) is 21.4. The minimum absolute atomic E-state index is 0.104. The van der Waals surface area contributed by atoms with Crippen LogP contribution in [-0.4, -0.2) is 85.5 Å². The quantitative estimate of drug-likeness (QED) is 0.633. The Hall–Kier alpha value is -3.60. The van der Waals surface area contributed by atoms with E-state index in [9.17, 15) is 19.2 Å². The second-order valence-electron chi connectivity index (χ2n) is 8.68. The van der Waals surface area contributed by atoms with E-state index in [4.69, 9.17) is 0 Å². The van der Waals surface area contributed by atoms with Crippen molar-refractivity contribution in [2.45, 2.75) is 38.9 Å². The minimum atomic E-state index is -0.632. The van der Waals surface area contributed by atoms with Gasteiger partial charge in [-0.3, -0.25) is 29.4 Å². The molecule has 0 spiro atoms. The van der Waals surface area contributed by atoms with E-state index in [1.807, 2.05) is 23.2 Å². The lowest BCUT2D eigenvalue weighted by Gasteiger charge is -2.33. The molecule has 2 aromatic rings. The van der Waals surface area contributed by atoms with Crippen molar-refractivity contribution in [3.8, 4) is 5.69 Å². The Morgan fingerprint density at radius 3 is 2.67 bits per heavy atom. The minimum Gasteiger partial charge on any atom is -0.340 e. The van der Waals surface area contributed by atoms with Gasteiger partial charge in [-0.1, -0.05) is 5.21 Å². The van der Waals surface area contributed by atoms with Crippen LogP contribution in [0.1, 0.15) is 41.4 Å². The van der Waals surface area contributed by atoms with Crippen LogP contribution in [0.5, 0.6) is 0 Å². The standard InChI is InChI=1S/C22H25N7O4/c1-14(30)27-8-6-26(7-9-27)12-16-13-29(25-24-16)17-2-3-18-15(10-17)11-28(22(18)33)19-4-5-20(31)23-21(19)32/h2-3,10,13,19H,4-9,11-12H2,1H3,(H,23,31,32). The van der Waals surface area contributed by atoms with Gasteiger partial charge in [0.25, 0.3) is 5.91 Å². The molecule has 0 aliphatic carbocycles. The average molecular weight is 451 g/mol. The van der Waals surface area contributed by atoms with Crippen molar-refractivity contribution in [3.05, 3.63) is 41.2 Å². The van der Waals surface area contributed by atoms with Gasteiger partial charge in [0.05, 0.1) is 17.6 Å². The molecule has 1 aromatic heterocycles. The van der Waals surface area contributed by atoms with E-state index in [1.165, 1.54) is 4.90 Å². The van der Waals surface area contributed by atoms with Crippen LogP contribution in [0.25, 0.3) is 5.69 Å². The first-order chi connectivity index (χ1) is 15.9. The van der Waals surface area contributed by atoms with Crippen molar-refractivity contribution in [1.29, 1.82) is 0 Å². The van der Waals surface area contributed by atoms with Crippen LogP contribution >= 0.6 is 0 Å². The summed E-state index contributed by atoms with van der Waals surface area (Å²) in [6, 6.07) is 4.83. The van der Waals surface area contributed by atoms with Crippen LogP contribution in [0.2, 0.25) is 0 Å². The molecule has 0 saturated carbocycles. The predicted molar refractivity (Wildman–Crippen MR) is 115 cm³/mol. The van der Waals surface area contributed by atoms with Crippen molar-refractivity contribution >= 4 is 23.6 Å². The summed E-state index contributed by atoms with van der Waals surface area (Å²) < 4.78 is 1.68. The molecule has 5 rings (SSSR count). The van der Waals surface area contributed by atoms with Crippen molar-refractivity contribution in [2.75, 3.05) is 26.2 Å². The molecule has 2 fully saturated rings. The maximum atomic E-state index is 12.9. The molecular formula is C22H25N7O4. The van der Waals surface area contributed by atoms with Gasteiger partial charge in [0.2, 0.25) is 17.7 Å². The van der Waals surface area contributed by atoms with Crippen LogP contribution in [0, 0.1) is 0 Å². The largest absolute Gasteiger partial charge is 0.340 e. The fourth-order valence-electron chi connectivity index (χ4n) is 4.65. The molecule has 4 amide bonds. The molecule has 2 saturated heterocycles. The predicted octanol–water partition coefficient (Wildman–Crippen LogP) is -0.308. The van der Waals surface area contributed by atoms with Gasteiger partial charge in [-0.15, -0.1) is 5.10 Å². The molecule has 1 unspecified atom stereocenters. The summed E-state index contributed by atoms with van der Waals surface area (Å²) in [7, 11) is 0. The van der Waals surface area contributed by atoms with Crippen LogP contribution in [0.15, 0.2) is 24.4 Å². The van der Waals surface area contributed by atoms with Crippen LogP contribution < -0.4 is 5.32 Å². The lowest BCUT2D eigenvalue weighted by atomic mass is 10.0. The van der Waals surface area contributed by atoms with Gasteiger partial charge in [0, 0.05) is 58.2 Å².